The third kappa shape index (κ3) is 6.08. The Morgan fingerprint density at radius 2 is 1.87 bits per heavy atom. The third-order valence-corrected chi connectivity index (χ3v) is 8.42. The fourth-order valence-corrected chi connectivity index (χ4v) is 5.52. The van der Waals surface area contributed by atoms with Crippen LogP contribution < -0.4 is 10.6 Å². The monoisotopic (exact) mass is 553 g/mol. The predicted octanol–water partition coefficient (Wildman–Crippen LogP) is 4.30. The number of amides is 2. The van der Waals surface area contributed by atoms with Gasteiger partial charge >= 0.3 is 6.09 Å². The Labute approximate surface area is 228 Å². The van der Waals surface area contributed by atoms with Gasteiger partial charge in [0.1, 0.15) is 18.6 Å². The number of carbonyl (C=O) groups excluding carboxylic acids is 2. The highest BCUT2D eigenvalue weighted by atomic mass is 31.2. The van der Waals surface area contributed by atoms with Gasteiger partial charge < -0.3 is 24.4 Å². The van der Waals surface area contributed by atoms with Crippen LogP contribution in [0.25, 0.3) is 10.9 Å². The summed E-state index contributed by atoms with van der Waals surface area (Å²) in [6.07, 6.45) is 1.89. The van der Waals surface area contributed by atoms with E-state index >= 15 is 0 Å². The lowest BCUT2D eigenvalue weighted by Crippen LogP contribution is -2.56. The molecule has 0 radical (unpaired) electrons. The van der Waals surface area contributed by atoms with Crippen LogP contribution in [0.4, 0.5) is 16.4 Å². The summed E-state index contributed by atoms with van der Waals surface area (Å²) in [6.45, 7) is 11.8. The van der Waals surface area contributed by atoms with Gasteiger partial charge in [0.2, 0.25) is 5.82 Å². The number of benzene rings is 1. The molecule has 2 amide bonds. The number of H-pyrrole nitrogens is 1. The number of hydrogen-bond donors (Lipinski definition) is 2. The van der Waals surface area contributed by atoms with Crippen molar-refractivity contribution in [1.29, 1.82) is 0 Å². The van der Waals surface area contributed by atoms with Crippen LogP contribution in [0.2, 0.25) is 0 Å². The Morgan fingerprint density at radius 1 is 1.13 bits per heavy atom. The van der Waals surface area contributed by atoms with Crippen molar-refractivity contribution in [3.8, 4) is 0 Å². The van der Waals surface area contributed by atoms with Gasteiger partial charge in [0.15, 0.2) is 5.82 Å². The standard InChI is InChI=1S/C27H36N7O4P/c1-16-15-33(11-12-34(16)26(36)38-27(2,3)4)25(35)24-28-20-10-9-18(39(5,6)37)13-19(20)23(30-24)29-22-14-21(31-32-22)17-7-8-17/h9-10,13-14,16-17H,7-8,11-12,15H2,1-6H3,(H2,28,29,30,31,32). The number of ether oxygens (including phenoxy) is 1. The van der Waals surface area contributed by atoms with E-state index in [4.69, 9.17) is 4.74 Å². The molecular formula is C27H36N7O4P. The van der Waals surface area contributed by atoms with Crippen LogP contribution in [0, 0.1) is 0 Å². The number of piperazine rings is 1. The Hall–Kier alpha value is -3.46. The number of carbonyl (C=O) groups is 2. The maximum atomic E-state index is 13.6. The molecule has 0 bridgehead atoms. The molecule has 1 unspecified atom stereocenters. The summed E-state index contributed by atoms with van der Waals surface area (Å²) in [7, 11) is -2.54. The van der Waals surface area contributed by atoms with Gasteiger partial charge in [-0.15, -0.1) is 0 Å². The van der Waals surface area contributed by atoms with Crippen LogP contribution in [0.15, 0.2) is 24.3 Å². The molecule has 1 saturated heterocycles. The molecule has 39 heavy (non-hydrogen) atoms. The van der Waals surface area contributed by atoms with Crippen LogP contribution in [0.1, 0.15) is 62.8 Å². The minimum Gasteiger partial charge on any atom is -0.444 e. The van der Waals surface area contributed by atoms with Crippen molar-refractivity contribution in [2.75, 3.05) is 38.3 Å². The van der Waals surface area contributed by atoms with Gasteiger partial charge in [-0.2, -0.15) is 5.10 Å². The van der Waals surface area contributed by atoms with E-state index in [0.29, 0.717) is 53.4 Å². The van der Waals surface area contributed by atoms with Crippen LogP contribution in [-0.4, -0.2) is 86.6 Å². The zero-order chi connectivity index (χ0) is 28.1. The summed E-state index contributed by atoms with van der Waals surface area (Å²) < 4.78 is 18.3. The fourth-order valence-electron chi connectivity index (χ4n) is 4.64. The highest BCUT2D eigenvalue weighted by Gasteiger charge is 2.34. The Kier molecular flexibility index (Phi) is 6.91. The summed E-state index contributed by atoms with van der Waals surface area (Å²) in [5, 5.41) is 12.1. The summed E-state index contributed by atoms with van der Waals surface area (Å²) in [5.74, 6) is 1.25. The average molecular weight is 554 g/mol. The highest BCUT2D eigenvalue weighted by Crippen LogP contribution is 2.40. The third-order valence-electron chi connectivity index (χ3n) is 6.90. The molecule has 2 N–H and O–H groups in total. The molecule has 2 aliphatic rings. The van der Waals surface area contributed by atoms with E-state index in [-0.39, 0.29) is 23.9 Å². The molecule has 12 heteroatoms. The molecule has 1 atom stereocenters. The number of nitrogens with zero attached hydrogens (tertiary/aromatic N) is 5. The summed E-state index contributed by atoms with van der Waals surface area (Å²) in [6, 6.07) is 7.11. The minimum atomic E-state index is -2.54. The van der Waals surface area contributed by atoms with Gasteiger partial charge in [0.05, 0.1) is 5.52 Å². The smallest absolute Gasteiger partial charge is 0.410 e. The molecule has 1 aromatic carbocycles. The zero-order valence-electron chi connectivity index (χ0n) is 23.3. The van der Waals surface area contributed by atoms with Crippen molar-refractivity contribution in [1.82, 2.24) is 30.0 Å². The van der Waals surface area contributed by atoms with Gasteiger partial charge in [0, 0.05) is 54.0 Å². The lowest BCUT2D eigenvalue weighted by Gasteiger charge is -2.39. The predicted molar refractivity (Wildman–Crippen MR) is 151 cm³/mol. The number of hydrogen-bond acceptors (Lipinski definition) is 8. The van der Waals surface area contributed by atoms with Crippen LogP contribution >= 0.6 is 7.14 Å². The molecule has 2 aromatic heterocycles. The largest absolute Gasteiger partial charge is 0.444 e. The Morgan fingerprint density at radius 3 is 2.51 bits per heavy atom. The molecule has 5 rings (SSSR count). The maximum Gasteiger partial charge on any atom is 0.410 e. The fraction of sp³-hybridized carbons (Fsp3) is 0.519. The quantitative estimate of drug-likeness (QED) is 0.447. The van der Waals surface area contributed by atoms with E-state index in [0.717, 1.165) is 18.5 Å². The van der Waals surface area contributed by atoms with Gasteiger partial charge in [0.25, 0.3) is 5.91 Å². The molecule has 1 aliphatic heterocycles. The number of nitrogens with one attached hydrogen (secondary N) is 2. The Balaban J connectivity index is 1.43. The summed E-state index contributed by atoms with van der Waals surface area (Å²) in [5.41, 5.74) is 1.03. The summed E-state index contributed by atoms with van der Waals surface area (Å²) in [4.78, 5) is 38.7. The van der Waals surface area contributed by atoms with E-state index in [2.05, 4.69) is 25.5 Å². The summed E-state index contributed by atoms with van der Waals surface area (Å²) >= 11 is 0. The first-order valence-electron chi connectivity index (χ1n) is 13.3. The number of rotatable bonds is 5. The molecular weight excluding hydrogens is 517 g/mol. The molecule has 2 fully saturated rings. The van der Waals surface area contributed by atoms with Crippen LogP contribution in [0.5, 0.6) is 0 Å². The number of fused-ring (bicyclic) bond motifs is 1. The topological polar surface area (TPSA) is 133 Å². The lowest BCUT2D eigenvalue weighted by atomic mass is 10.2. The van der Waals surface area contributed by atoms with Crippen molar-refractivity contribution in [2.24, 2.45) is 0 Å². The second-order valence-electron chi connectivity index (χ2n) is 11.8. The van der Waals surface area contributed by atoms with Crippen LogP contribution in [-0.2, 0) is 9.30 Å². The van der Waals surface area contributed by atoms with Crippen molar-refractivity contribution < 1.29 is 18.9 Å². The van der Waals surface area contributed by atoms with Gasteiger partial charge in [-0.25, -0.2) is 14.8 Å². The highest BCUT2D eigenvalue weighted by molar-refractivity contribution is 7.70. The zero-order valence-corrected chi connectivity index (χ0v) is 24.2. The SMILES string of the molecule is CC1CN(C(=O)c2nc(Nc3cc(C4CC4)[nH]n3)c3cc(P(C)(C)=O)ccc3n2)CCN1C(=O)OC(C)(C)C. The molecule has 1 saturated carbocycles. The van der Waals surface area contributed by atoms with E-state index in [1.54, 1.807) is 35.3 Å². The normalized spacial score (nSPS) is 18.4. The minimum absolute atomic E-state index is 0.0461. The van der Waals surface area contributed by atoms with E-state index in [1.807, 2.05) is 39.8 Å². The van der Waals surface area contributed by atoms with Crippen molar-refractivity contribution in [3.05, 3.63) is 35.8 Å². The first-order valence-corrected chi connectivity index (χ1v) is 15.9. The van der Waals surface area contributed by atoms with E-state index in [9.17, 15) is 14.2 Å². The Bertz CT molecular complexity index is 1470. The van der Waals surface area contributed by atoms with E-state index in [1.165, 1.54) is 0 Å². The first kappa shape index (κ1) is 27.1. The molecule has 11 nitrogen and oxygen atoms in total. The second kappa shape index (κ2) is 9.93. The van der Waals surface area contributed by atoms with Crippen molar-refractivity contribution in [3.63, 3.8) is 0 Å². The number of anilines is 2. The van der Waals surface area contributed by atoms with Gasteiger partial charge in [-0.05, 0) is 72.1 Å². The molecule has 0 spiro atoms. The molecule has 3 aromatic rings. The van der Waals surface area contributed by atoms with E-state index < -0.39 is 12.7 Å². The number of aromatic amines is 1. The maximum absolute atomic E-state index is 13.6. The molecule has 3 heterocycles. The lowest BCUT2D eigenvalue weighted by molar-refractivity contribution is 0.00182. The molecule has 1 aliphatic carbocycles. The number of aromatic nitrogens is 4. The van der Waals surface area contributed by atoms with Gasteiger partial charge in [-0.3, -0.25) is 9.89 Å². The first-order chi connectivity index (χ1) is 18.3. The van der Waals surface area contributed by atoms with Crippen LogP contribution in [0.3, 0.4) is 0 Å². The second-order valence-corrected chi connectivity index (χ2v) is 15.0. The van der Waals surface area contributed by atoms with Crippen molar-refractivity contribution in [2.45, 2.75) is 58.1 Å². The van der Waals surface area contributed by atoms with Gasteiger partial charge in [-0.1, -0.05) is 0 Å². The average Bonchev–Trinajstić information content (AvgIpc) is 3.60. The molecule has 208 valence electrons. The van der Waals surface area contributed by atoms with Crippen molar-refractivity contribution >= 4 is 47.0 Å².